The first-order chi connectivity index (χ1) is 20.5. The summed E-state index contributed by atoms with van der Waals surface area (Å²) in [5.74, 6) is 0.150. The third-order valence-corrected chi connectivity index (χ3v) is 7.01. The minimum absolute atomic E-state index is 0.124. The highest BCUT2D eigenvalue weighted by atomic mass is 16.2. The van der Waals surface area contributed by atoms with Crippen molar-refractivity contribution in [3.8, 4) is 0 Å². The van der Waals surface area contributed by atoms with Crippen molar-refractivity contribution in [1.29, 1.82) is 0 Å². The predicted octanol–water partition coefficient (Wildman–Crippen LogP) is 6.64. The number of aromatic nitrogens is 1. The fraction of sp³-hybridized carbons (Fsp3) is 0.529. The van der Waals surface area contributed by atoms with Crippen LogP contribution in [0.3, 0.4) is 0 Å². The second-order valence-corrected chi connectivity index (χ2v) is 9.38. The molecule has 1 atom stereocenters. The molecule has 0 spiro atoms. The molecule has 1 N–H and O–H groups in total. The number of nitrogens with zero attached hydrogens (tertiary/aromatic N) is 4. The second kappa shape index (κ2) is 20.6. The molecule has 2 aliphatic heterocycles. The smallest absolute Gasteiger partial charge is 0.251 e. The van der Waals surface area contributed by atoms with Crippen molar-refractivity contribution in [2.75, 3.05) is 26.2 Å². The number of hydrogen-bond acceptors (Lipinski definition) is 5. The monoisotopic (exact) mass is 573 g/mol. The number of pyridine rings is 1. The van der Waals surface area contributed by atoms with Crippen LogP contribution < -0.4 is 5.32 Å². The van der Waals surface area contributed by atoms with Crippen LogP contribution in [-0.2, 0) is 9.59 Å². The lowest BCUT2D eigenvalue weighted by atomic mass is 9.89. The van der Waals surface area contributed by atoms with Crippen LogP contribution >= 0.6 is 0 Å². The number of carbonyl (C=O) groups excluding carboxylic acids is 2. The normalized spacial score (nSPS) is 16.9. The van der Waals surface area contributed by atoms with E-state index in [0.29, 0.717) is 23.7 Å². The van der Waals surface area contributed by atoms with Crippen LogP contribution in [0.25, 0.3) is 0 Å². The Morgan fingerprint density at radius 3 is 2.14 bits per heavy atom. The van der Waals surface area contributed by atoms with Crippen LogP contribution in [0.15, 0.2) is 71.0 Å². The van der Waals surface area contributed by atoms with Gasteiger partial charge >= 0.3 is 0 Å². The van der Waals surface area contributed by atoms with Crippen LogP contribution in [0.4, 0.5) is 0 Å². The standard InChI is InChI=1S/C28H34BN5O2.3C2H6/c1-3-24(35)34-26(22-10-5-4-6-11-22)25(20(2)32-28(34)29)27(36)31-16-9-17-33-18-13-21(14-19-33)23-12-7-8-15-30-23;3*1-2/h4-8,10-12,15,21,26H,3,9,13-14,16-19H2,1-2H3,(H,31,36);3*1-2H3. The van der Waals surface area contributed by atoms with Gasteiger partial charge < -0.3 is 10.2 Å². The molecule has 8 heteroatoms. The molecule has 0 bridgehead atoms. The summed E-state index contributed by atoms with van der Waals surface area (Å²) in [6.45, 7) is 19.1. The quantitative estimate of drug-likeness (QED) is 0.284. The molecular formula is C34H52BN5O2. The average molecular weight is 574 g/mol. The summed E-state index contributed by atoms with van der Waals surface area (Å²) in [4.78, 5) is 38.9. The summed E-state index contributed by atoms with van der Waals surface area (Å²) in [5, 5.41) is 3.07. The van der Waals surface area contributed by atoms with Crippen molar-refractivity contribution in [2.24, 2.45) is 4.99 Å². The Bertz CT molecular complexity index is 1110. The van der Waals surface area contributed by atoms with Crippen LogP contribution in [-0.4, -0.2) is 66.4 Å². The van der Waals surface area contributed by atoms with Crippen LogP contribution in [0, 0.1) is 0 Å². The summed E-state index contributed by atoms with van der Waals surface area (Å²) >= 11 is 0. The SMILES string of the molecule is CC.CC.CC.[B]C1=NC(C)=C(C(=O)NCCCN2CCC(c3ccccn3)CC2)C(c2ccccc2)N1C(=O)CC. The molecule has 1 aromatic heterocycles. The van der Waals surface area contributed by atoms with Crippen molar-refractivity contribution < 1.29 is 9.59 Å². The highest BCUT2D eigenvalue weighted by Crippen LogP contribution is 2.35. The van der Waals surface area contributed by atoms with Gasteiger partial charge in [0.1, 0.15) is 0 Å². The molecule has 2 radical (unpaired) electrons. The van der Waals surface area contributed by atoms with E-state index in [-0.39, 0.29) is 24.0 Å². The van der Waals surface area contributed by atoms with Gasteiger partial charge in [0.15, 0.2) is 7.85 Å². The molecule has 1 fully saturated rings. The molecule has 2 aromatic rings. The molecule has 3 heterocycles. The van der Waals surface area contributed by atoms with Crippen LogP contribution in [0.5, 0.6) is 0 Å². The van der Waals surface area contributed by atoms with Crippen molar-refractivity contribution >= 4 is 25.4 Å². The molecule has 1 saturated heterocycles. The number of amidine groups is 1. The number of aliphatic imine (C=N–C) groups is 1. The molecule has 2 amide bonds. The van der Waals surface area contributed by atoms with Crippen molar-refractivity contribution in [2.45, 2.75) is 93.0 Å². The number of likely N-dealkylation sites (tertiary alicyclic amines) is 1. The van der Waals surface area contributed by atoms with E-state index in [1.54, 1.807) is 13.8 Å². The zero-order valence-electron chi connectivity index (χ0n) is 27.2. The Hall–Kier alpha value is -3.26. The highest BCUT2D eigenvalue weighted by molar-refractivity contribution is 6.60. The summed E-state index contributed by atoms with van der Waals surface area (Å²) < 4.78 is 0. The van der Waals surface area contributed by atoms with E-state index in [1.807, 2.05) is 84.1 Å². The molecule has 7 nitrogen and oxygen atoms in total. The van der Waals surface area contributed by atoms with E-state index in [4.69, 9.17) is 7.85 Å². The number of nitrogens with one attached hydrogen (secondary N) is 1. The minimum atomic E-state index is -0.596. The van der Waals surface area contributed by atoms with Gasteiger partial charge in [0, 0.05) is 36.5 Å². The Balaban J connectivity index is 0.00000138. The van der Waals surface area contributed by atoms with E-state index < -0.39 is 6.04 Å². The van der Waals surface area contributed by atoms with Gasteiger partial charge in [-0.1, -0.05) is 84.9 Å². The topological polar surface area (TPSA) is 77.9 Å². The number of benzene rings is 1. The third kappa shape index (κ3) is 10.2. The highest BCUT2D eigenvalue weighted by Gasteiger charge is 2.36. The number of hydrogen-bond donors (Lipinski definition) is 1. The molecule has 1 aromatic carbocycles. The number of piperidine rings is 1. The first-order valence-electron chi connectivity index (χ1n) is 15.8. The zero-order valence-corrected chi connectivity index (χ0v) is 27.2. The van der Waals surface area contributed by atoms with Gasteiger partial charge in [0.2, 0.25) is 5.91 Å². The first kappa shape index (κ1) is 36.8. The van der Waals surface area contributed by atoms with Crippen molar-refractivity contribution in [3.05, 3.63) is 77.3 Å². The molecule has 0 saturated carbocycles. The maximum Gasteiger partial charge on any atom is 0.251 e. The predicted molar refractivity (Wildman–Crippen MR) is 177 cm³/mol. The van der Waals surface area contributed by atoms with Gasteiger partial charge in [0.05, 0.1) is 17.3 Å². The first-order valence-corrected chi connectivity index (χ1v) is 15.8. The lowest BCUT2D eigenvalue weighted by Crippen LogP contribution is -2.46. The maximum atomic E-state index is 13.4. The molecular weight excluding hydrogens is 521 g/mol. The minimum Gasteiger partial charge on any atom is -0.352 e. The van der Waals surface area contributed by atoms with E-state index in [2.05, 4.69) is 32.3 Å². The zero-order chi connectivity index (χ0) is 31.5. The number of carbonyl (C=O) groups is 2. The number of allylic oxidation sites excluding steroid dienone is 1. The summed E-state index contributed by atoms with van der Waals surface area (Å²) in [7, 11) is 6.17. The van der Waals surface area contributed by atoms with E-state index in [1.165, 1.54) is 10.6 Å². The van der Waals surface area contributed by atoms with Gasteiger partial charge in [-0.3, -0.25) is 24.5 Å². The third-order valence-electron chi connectivity index (χ3n) is 7.01. The molecule has 0 aliphatic carbocycles. The average Bonchev–Trinajstić information content (AvgIpc) is 3.06. The molecule has 42 heavy (non-hydrogen) atoms. The summed E-state index contributed by atoms with van der Waals surface area (Å²) in [5.41, 5.74) is 3.15. The van der Waals surface area contributed by atoms with Crippen molar-refractivity contribution in [3.63, 3.8) is 0 Å². The molecule has 228 valence electrons. The number of rotatable bonds is 8. The number of amides is 2. The lowest BCUT2D eigenvalue weighted by Gasteiger charge is -2.37. The molecule has 1 unspecified atom stereocenters. The van der Waals surface area contributed by atoms with E-state index in [9.17, 15) is 9.59 Å². The van der Waals surface area contributed by atoms with Gasteiger partial charge in [-0.05, 0) is 63.5 Å². The fourth-order valence-electron chi connectivity index (χ4n) is 5.10. The van der Waals surface area contributed by atoms with Crippen molar-refractivity contribution in [1.82, 2.24) is 20.1 Å². The van der Waals surface area contributed by atoms with Crippen LogP contribution in [0.2, 0.25) is 0 Å². The Kier molecular flexibility index (Phi) is 18.0. The lowest BCUT2D eigenvalue weighted by molar-refractivity contribution is -0.128. The Labute approximate surface area is 256 Å². The Morgan fingerprint density at radius 2 is 1.57 bits per heavy atom. The van der Waals surface area contributed by atoms with Gasteiger partial charge in [-0.15, -0.1) is 0 Å². The summed E-state index contributed by atoms with van der Waals surface area (Å²) in [6, 6.07) is 15.1. The summed E-state index contributed by atoms with van der Waals surface area (Å²) in [6.07, 6.45) is 5.20. The van der Waals surface area contributed by atoms with E-state index >= 15 is 0 Å². The van der Waals surface area contributed by atoms with Gasteiger partial charge in [-0.2, -0.15) is 0 Å². The van der Waals surface area contributed by atoms with Crippen LogP contribution in [0.1, 0.15) is 104 Å². The Morgan fingerprint density at radius 1 is 0.952 bits per heavy atom. The maximum absolute atomic E-state index is 13.4. The van der Waals surface area contributed by atoms with E-state index in [0.717, 1.165) is 44.5 Å². The second-order valence-electron chi connectivity index (χ2n) is 9.38. The molecule has 2 aliphatic rings. The fourth-order valence-corrected chi connectivity index (χ4v) is 5.10. The molecule has 4 rings (SSSR count). The van der Waals surface area contributed by atoms with Gasteiger partial charge in [-0.25, -0.2) is 0 Å². The largest absolute Gasteiger partial charge is 0.352 e. The van der Waals surface area contributed by atoms with Gasteiger partial charge in [0.25, 0.3) is 5.91 Å².